The molecule has 11 heteroatoms. The summed E-state index contributed by atoms with van der Waals surface area (Å²) < 4.78 is 13.4. The Bertz CT molecular complexity index is 911. The minimum atomic E-state index is -1.05. The minimum absolute atomic E-state index is 0.165. The van der Waals surface area contributed by atoms with Crippen LogP contribution in [0.2, 0.25) is 0 Å². The minimum Gasteiger partial charge on any atom is -0.361 e. The van der Waals surface area contributed by atoms with Crippen molar-refractivity contribution in [3.05, 3.63) is 43.3 Å². The first-order valence-corrected chi connectivity index (χ1v) is 7.34. The normalized spacial score (nSPS) is 13.6. The molecule has 2 heterocycles. The fraction of sp³-hybridized carbons (Fsp3) is 0.500. The van der Waals surface area contributed by atoms with E-state index in [1.807, 2.05) is 0 Å². The largest absolute Gasteiger partial charge is 0.361 e. The molecule has 0 aliphatic rings. The van der Waals surface area contributed by atoms with Crippen molar-refractivity contribution in [2.45, 2.75) is 26.3 Å². The molecule has 0 bridgehead atoms. The van der Waals surface area contributed by atoms with Crippen molar-refractivity contribution < 1.29 is 14.4 Å². The fourth-order valence-corrected chi connectivity index (χ4v) is 2.48. The molecule has 0 saturated heterocycles. The molecule has 0 radical (unpaired) electrons. The van der Waals surface area contributed by atoms with Gasteiger partial charge in [-0.05, 0) is 13.8 Å². The van der Waals surface area contributed by atoms with Crippen LogP contribution in [0.15, 0.2) is 22.0 Å². The molecular formula is C14H19N5O6. The van der Waals surface area contributed by atoms with Gasteiger partial charge in [-0.2, -0.15) is 5.10 Å². The number of nitrogens with zero attached hydrogens (tertiary/aromatic N) is 5. The number of nitro groups is 1. The molecule has 0 aliphatic heterocycles. The van der Waals surface area contributed by atoms with Crippen molar-refractivity contribution in [2.24, 2.45) is 7.05 Å². The van der Waals surface area contributed by atoms with Crippen LogP contribution in [0.3, 0.4) is 0 Å². The Morgan fingerprint density at radius 3 is 2.16 bits per heavy atom. The zero-order chi connectivity index (χ0) is 18.9. The van der Waals surface area contributed by atoms with Crippen molar-refractivity contribution in [3.63, 3.8) is 0 Å². The Morgan fingerprint density at radius 2 is 1.72 bits per heavy atom. The van der Waals surface area contributed by atoms with E-state index in [4.69, 9.17) is 9.47 Å². The van der Waals surface area contributed by atoms with Crippen LogP contribution in [-0.4, -0.2) is 38.1 Å². The van der Waals surface area contributed by atoms with E-state index in [9.17, 15) is 19.7 Å². The Morgan fingerprint density at radius 1 is 1.16 bits per heavy atom. The number of hydrogen-bond acceptors (Lipinski definition) is 7. The maximum absolute atomic E-state index is 12.9. The molecule has 0 amide bonds. The summed E-state index contributed by atoms with van der Waals surface area (Å²) in [7, 11) is 4.26. The van der Waals surface area contributed by atoms with E-state index in [1.165, 1.54) is 45.1 Å². The van der Waals surface area contributed by atoms with Gasteiger partial charge in [-0.25, -0.2) is 9.36 Å². The van der Waals surface area contributed by atoms with E-state index in [0.717, 1.165) is 4.57 Å². The van der Waals surface area contributed by atoms with Crippen molar-refractivity contribution in [2.75, 3.05) is 14.2 Å². The Kier molecular flexibility index (Phi) is 5.18. The molecule has 0 fully saturated rings. The third kappa shape index (κ3) is 3.10. The number of hydrogen-bond donors (Lipinski definition) is 0. The SMILES string of the molecule is COC(C)n1c(-c2cnn(C)c2)c([N+](=O)[O-])c(=O)n(C(C)OC)c1=O. The van der Waals surface area contributed by atoms with Gasteiger partial charge in [-0.3, -0.25) is 24.2 Å². The van der Waals surface area contributed by atoms with Crippen LogP contribution in [0, 0.1) is 10.1 Å². The monoisotopic (exact) mass is 353 g/mol. The molecule has 2 aromatic heterocycles. The second kappa shape index (κ2) is 6.99. The van der Waals surface area contributed by atoms with Crippen molar-refractivity contribution in [1.29, 1.82) is 0 Å². The van der Waals surface area contributed by atoms with Gasteiger partial charge < -0.3 is 9.47 Å². The number of aromatic nitrogens is 4. The molecule has 0 saturated carbocycles. The lowest BCUT2D eigenvalue weighted by Crippen LogP contribution is -2.44. The summed E-state index contributed by atoms with van der Waals surface area (Å²) in [6.07, 6.45) is 0.961. The first kappa shape index (κ1) is 18.5. The van der Waals surface area contributed by atoms with Gasteiger partial charge in [0.2, 0.25) is 0 Å². The second-order valence-corrected chi connectivity index (χ2v) is 5.35. The highest BCUT2D eigenvalue weighted by atomic mass is 16.6. The summed E-state index contributed by atoms with van der Waals surface area (Å²) in [5.74, 6) is 0. The number of rotatable bonds is 6. The van der Waals surface area contributed by atoms with Gasteiger partial charge in [0, 0.05) is 33.0 Å². The fourth-order valence-electron chi connectivity index (χ4n) is 2.48. The quantitative estimate of drug-likeness (QED) is 0.551. The van der Waals surface area contributed by atoms with Crippen LogP contribution in [0.1, 0.15) is 26.3 Å². The predicted molar refractivity (Wildman–Crippen MR) is 87.3 cm³/mol. The zero-order valence-corrected chi connectivity index (χ0v) is 14.5. The molecule has 0 aliphatic carbocycles. The highest BCUT2D eigenvalue weighted by molar-refractivity contribution is 5.68. The van der Waals surface area contributed by atoms with Gasteiger partial charge in [0.25, 0.3) is 0 Å². The lowest BCUT2D eigenvalue weighted by molar-refractivity contribution is -0.386. The van der Waals surface area contributed by atoms with Crippen LogP contribution in [0.5, 0.6) is 0 Å². The Labute approximate surface area is 142 Å². The number of methoxy groups -OCH3 is 2. The maximum Gasteiger partial charge on any atom is 0.358 e. The van der Waals surface area contributed by atoms with Crippen molar-refractivity contribution in [3.8, 4) is 11.3 Å². The third-order valence-corrected chi connectivity index (χ3v) is 3.87. The smallest absolute Gasteiger partial charge is 0.358 e. The number of aryl methyl sites for hydroxylation is 1. The van der Waals surface area contributed by atoms with Gasteiger partial charge in [-0.1, -0.05) is 0 Å². The van der Waals surface area contributed by atoms with E-state index in [0.29, 0.717) is 4.57 Å². The third-order valence-electron chi connectivity index (χ3n) is 3.87. The molecule has 136 valence electrons. The van der Waals surface area contributed by atoms with Crippen LogP contribution in [0.4, 0.5) is 5.69 Å². The van der Waals surface area contributed by atoms with Crippen molar-refractivity contribution in [1.82, 2.24) is 18.9 Å². The molecule has 25 heavy (non-hydrogen) atoms. The summed E-state index contributed by atoms with van der Waals surface area (Å²) in [6, 6.07) is 0. The zero-order valence-electron chi connectivity index (χ0n) is 14.5. The lowest BCUT2D eigenvalue weighted by Gasteiger charge is -2.21. The van der Waals surface area contributed by atoms with Gasteiger partial charge >= 0.3 is 16.9 Å². The van der Waals surface area contributed by atoms with Crippen LogP contribution < -0.4 is 11.2 Å². The molecule has 2 atom stereocenters. The highest BCUT2D eigenvalue weighted by Crippen LogP contribution is 2.28. The maximum atomic E-state index is 12.9. The lowest BCUT2D eigenvalue weighted by atomic mass is 10.2. The van der Waals surface area contributed by atoms with E-state index < -0.39 is 34.3 Å². The van der Waals surface area contributed by atoms with Crippen LogP contribution >= 0.6 is 0 Å². The summed E-state index contributed by atoms with van der Waals surface area (Å²) in [6.45, 7) is 2.98. The van der Waals surface area contributed by atoms with Crippen molar-refractivity contribution >= 4 is 5.69 Å². The average Bonchev–Trinajstić information content (AvgIpc) is 2.99. The molecule has 0 spiro atoms. The summed E-state index contributed by atoms with van der Waals surface area (Å²) >= 11 is 0. The van der Waals surface area contributed by atoms with Gasteiger partial charge in [0.15, 0.2) is 0 Å². The Hall–Kier alpha value is -2.79. The van der Waals surface area contributed by atoms with E-state index in [1.54, 1.807) is 7.05 Å². The average molecular weight is 353 g/mol. The standard InChI is InChI=1S/C14H19N5O6/c1-8(24-4)17-11(10-6-15-16(3)7-10)12(19(22)23)13(20)18(14(17)21)9(2)25-5/h6-9H,1-5H3. The van der Waals surface area contributed by atoms with Gasteiger partial charge in [0.05, 0.1) is 11.1 Å². The molecule has 0 N–H and O–H groups in total. The molecule has 2 aromatic rings. The molecule has 0 aromatic carbocycles. The van der Waals surface area contributed by atoms with E-state index in [2.05, 4.69) is 5.10 Å². The van der Waals surface area contributed by atoms with Gasteiger partial charge in [-0.15, -0.1) is 0 Å². The van der Waals surface area contributed by atoms with Crippen LogP contribution in [0.25, 0.3) is 11.3 Å². The van der Waals surface area contributed by atoms with E-state index in [-0.39, 0.29) is 11.3 Å². The Balaban J connectivity index is 3.06. The molecule has 11 nitrogen and oxygen atoms in total. The summed E-state index contributed by atoms with van der Waals surface area (Å²) in [4.78, 5) is 36.3. The predicted octanol–water partition coefficient (Wildman–Crippen LogP) is 0.649. The second-order valence-electron chi connectivity index (χ2n) is 5.35. The molecular weight excluding hydrogens is 334 g/mol. The van der Waals surface area contributed by atoms with Gasteiger partial charge in [0.1, 0.15) is 18.1 Å². The number of ether oxygens (including phenoxy) is 2. The summed E-state index contributed by atoms with van der Waals surface area (Å²) in [5, 5.41) is 15.6. The van der Waals surface area contributed by atoms with Crippen LogP contribution in [-0.2, 0) is 16.5 Å². The van der Waals surface area contributed by atoms with E-state index >= 15 is 0 Å². The topological polar surface area (TPSA) is 123 Å². The summed E-state index contributed by atoms with van der Waals surface area (Å²) in [5.41, 5.74) is -2.49. The highest BCUT2D eigenvalue weighted by Gasteiger charge is 2.32. The first-order chi connectivity index (χ1) is 11.7. The molecule has 2 rings (SSSR count). The molecule has 2 unspecified atom stereocenters. The first-order valence-electron chi connectivity index (χ1n) is 7.34.